The quantitative estimate of drug-likeness (QED) is 0.856. The largest absolute Gasteiger partial charge is 0.350 e. The lowest BCUT2D eigenvalue weighted by molar-refractivity contribution is -0.116. The van der Waals surface area contributed by atoms with Gasteiger partial charge in [-0.2, -0.15) is 5.26 Å². The molecule has 0 aliphatic heterocycles. The molecule has 1 aromatic carbocycles. The van der Waals surface area contributed by atoms with Crippen LogP contribution in [0.2, 0.25) is 0 Å². The summed E-state index contributed by atoms with van der Waals surface area (Å²) in [6, 6.07) is 10.3. The summed E-state index contributed by atoms with van der Waals surface area (Å²) in [5, 5.41) is 12.6. The van der Waals surface area contributed by atoms with Crippen LogP contribution >= 0.6 is 0 Å². The number of rotatable bonds is 5. The number of carbonyl (C=O) groups excluding carboxylic acids is 1. The van der Waals surface area contributed by atoms with Crippen molar-refractivity contribution in [2.24, 2.45) is 0 Å². The molecular weight excluding hydrogens is 262 g/mol. The third-order valence-electron chi connectivity index (χ3n) is 3.13. The van der Waals surface area contributed by atoms with Gasteiger partial charge in [-0.3, -0.25) is 4.79 Å². The maximum absolute atomic E-state index is 11.7. The normalized spacial score (nSPS) is 11.1. The van der Waals surface area contributed by atoms with Gasteiger partial charge in [0.15, 0.2) is 0 Å². The number of nitriles is 1. The van der Waals surface area contributed by atoms with Gasteiger partial charge in [-0.05, 0) is 26.0 Å². The van der Waals surface area contributed by atoms with E-state index >= 15 is 0 Å². The summed E-state index contributed by atoms with van der Waals surface area (Å²) in [5.74, 6) is -0.0983. The van der Waals surface area contributed by atoms with E-state index in [9.17, 15) is 4.79 Å². The summed E-state index contributed by atoms with van der Waals surface area (Å²) < 4.78 is 2.05. The van der Waals surface area contributed by atoms with Crippen LogP contribution in [0.4, 0.5) is 0 Å². The van der Waals surface area contributed by atoms with Crippen LogP contribution in [0, 0.1) is 11.3 Å². The Morgan fingerprint density at radius 3 is 2.90 bits per heavy atom. The first-order valence-electron chi connectivity index (χ1n) is 7.05. The number of nitrogens with zero attached hydrogens (tertiary/aromatic N) is 2. The Kier molecular flexibility index (Phi) is 4.78. The molecule has 0 radical (unpaired) electrons. The number of hydrogen-bond donors (Lipinski definition) is 1. The zero-order valence-corrected chi connectivity index (χ0v) is 12.3. The van der Waals surface area contributed by atoms with Crippen LogP contribution in [0.3, 0.4) is 0 Å². The van der Waals surface area contributed by atoms with E-state index in [1.807, 2.05) is 50.4 Å². The number of carbonyl (C=O) groups is 1. The van der Waals surface area contributed by atoms with Crippen LogP contribution in [0.1, 0.15) is 25.8 Å². The highest BCUT2D eigenvalue weighted by molar-refractivity contribution is 5.96. The minimum atomic E-state index is -0.0983. The Morgan fingerprint density at radius 1 is 1.43 bits per heavy atom. The van der Waals surface area contributed by atoms with Gasteiger partial charge in [0.1, 0.15) is 0 Å². The molecule has 21 heavy (non-hydrogen) atoms. The summed E-state index contributed by atoms with van der Waals surface area (Å²) >= 11 is 0. The van der Waals surface area contributed by atoms with Crippen molar-refractivity contribution < 1.29 is 4.79 Å². The summed E-state index contributed by atoms with van der Waals surface area (Å²) in [6.45, 7) is 4.52. The molecule has 0 saturated heterocycles. The number of para-hydroxylation sites is 1. The Hall–Kier alpha value is -2.54. The van der Waals surface area contributed by atoms with E-state index in [-0.39, 0.29) is 11.9 Å². The molecule has 1 amide bonds. The number of aromatic nitrogens is 1. The van der Waals surface area contributed by atoms with Crippen LogP contribution < -0.4 is 5.32 Å². The van der Waals surface area contributed by atoms with Crippen LogP contribution in [0.5, 0.6) is 0 Å². The molecule has 0 fully saturated rings. The number of fused-ring (bicyclic) bond motifs is 1. The Balaban J connectivity index is 2.29. The summed E-state index contributed by atoms with van der Waals surface area (Å²) in [7, 11) is 0. The Bertz CT molecular complexity index is 704. The molecule has 108 valence electrons. The molecular formula is C17H19N3O. The van der Waals surface area contributed by atoms with Crippen LogP contribution in [0.25, 0.3) is 17.0 Å². The topological polar surface area (TPSA) is 57.8 Å². The molecule has 0 aliphatic rings. The molecule has 1 N–H and O–H groups in total. The van der Waals surface area contributed by atoms with Crippen molar-refractivity contribution in [3.63, 3.8) is 0 Å². The fourth-order valence-corrected chi connectivity index (χ4v) is 2.26. The van der Waals surface area contributed by atoms with Gasteiger partial charge in [-0.1, -0.05) is 18.2 Å². The van der Waals surface area contributed by atoms with Gasteiger partial charge in [-0.25, -0.2) is 0 Å². The van der Waals surface area contributed by atoms with E-state index in [1.165, 1.54) is 0 Å². The molecule has 4 nitrogen and oxygen atoms in total. The van der Waals surface area contributed by atoms with Crippen LogP contribution in [-0.2, 0) is 11.3 Å². The summed E-state index contributed by atoms with van der Waals surface area (Å²) in [5.41, 5.74) is 2.07. The van der Waals surface area contributed by atoms with E-state index in [0.717, 1.165) is 16.5 Å². The SMILES string of the molecule is CC(C)NC(=O)/C=C/c1cn(CCC#N)c2ccccc12. The lowest BCUT2D eigenvalue weighted by Gasteiger charge is -2.03. The Labute approximate surface area is 124 Å². The van der Waals surface area contributed by atoms with Crippen molar-refractivity contribution in [2.45, 2.75) is 32.9 Å². The first-order chi connectivity index (χ1) is 10.1. The molecule has 4 heteroatoms. The second-order valence-corrected chi connectivity index (χ2v) is 5.20. The fourth-order valence-electron chi connectivity index (χ4n) is 2.26. The summed E-state index contributed by atoms with van der Waals surface area (Å²) in [4.78, 5) is 11.7. The van der Waals surface area contributed by atoms with Gasteiger partial charge >= 0.3 is 0 Å². The van der Waals surface area contributed by atoms with E-state index in [0.29, 0.717) is 13.0 Å². The van der Waals surface area contributed by atoms with Gasteiger partial charge in [-0.15, -0.1) is 0 Å². The van der Waals surface area contributed by atoms with Gasteiger partial charge in [0.05, 0.1) is 12.5 Å². The van der Waals surface area contributed by atoms with E-state index in [1.54, 1.807) is 6.08 Å². The molecule has 2 aromatic rings. The molecule has 0 unspecified atom stereocenters. The average molecular weight is 281 g/mol. The molecule has 0 aliphatic carbocycles. The predicted octanol–water partition coefficient (Wildman–Crippen LogP) is 3.09. The third-order valence-corrected chi connectivity index (χ3v) is 3.13. The maximum atomic E-state index is 11.7. The highest BCUT2D eigenvalue weighted by Gasteiger charge is 2.06. The first kappa shape index (κ1) is 14.9. The highest BCUT2D eigenvalue weighted by atomic mass is 16.1. The smallest absolute Gasteiger partial charge is 0.244 e. The van der Waals surface area contributed by atoms with Crippen molar-refractivity contribution in [3.8, 4) is 6.07 Å². The zero-order chi connectivity index (χ0) is 15.2. The van der Waals surface area contributed by atoms with Crippen molar-refractivity contribution in [2.75, 3.05) is 0 Å². The first-order valence-corrected chi connectivity index (χ1v) is 7.05. The van der Waals surface area contributed by atoms with E-state index in [2.05, 4.69) is 16.0 Å². The third kappa shape index (κ3) is 3.73. The second-order valence-electron chi connectivity index (χ2n) is 5.20. The fraction of sp³-hybridized carbons (Fsp3) is 0.294. The minimum absolute atomic E-state index is 0.0983. The van der Waals surface area contributed by atoms with E-state index < -0.39 is 0 Å². The molecule has 1 aromatic heterocycles. The number of nitrogens with one attached hydrogen (secondary N) is 1. The van der Waals surface area contributed by atoms with Crippen molar-refractivity contribution >= 4 is 22.9 Å². The van der Waals surface area contributed by atoms with Crippen molar-refractivity contribution in [1.29, 1.82) is 5.26 Å². The van der Waals surface area contributed by atoms with Crippen LogP contribution in [0.15, 0.2) is 36.5 Å². The van der Waals surface area contributed by atoms with Crippen molar-refractivity contribution in [1.82, 2.24) is 9.88 Å². The second kappa shape index (κ2) is 6.76. The minimum Gasteiger partial charge on any atom is -0.350 e. The molecule has 0 bridgehead atoms. The Morgan fingerprint density at radius 2 is 2.19 bits per heavy atom. The zero-order valence-electron chi connectivity index (χ0n) is 12.3. The maximum Gasteiger partial charge on any atom is 0.244 e. The molecule has 0 saturated carbocycles. The molecule has 2 rings (SSSR count). The highest BCUT2D eigenvalue weighted by Crippen LogP contribution is 2.22. The van der Waals surface area contributed by atoms with Gasteiger partial charge in [0.25, 0.3) is 0 Å². The predicted molar refractivity (Wildman–Crippen MR) is 84.5 cm³/mol. The lowest BCUT2D eigenvalue weighted by atomic mass is 10.1. The number of benzene rings is 1. The lowest BCUT2D eigenvalue weighted by Crippen LogP contribution is -2.28. The van der Waals surface area contributed by atoms with Crippen LogP contribution in [-0.4, -0.2) is 16.5 Å². The van der Waals surface area contributed by atoms with E-state index in [4.69, 9.17) is 5.26 Å². The number of aryl methyl sites for hydroxylation is 1. The molecule has 0 atom stereocenters. The molecule has 1 heterocycles. The van der Waals surface area contributed by atoms with Gasteiger partial charge in [0, 0.05) is 41.3 Å². The molecule has 0 spiro atoms. The van der Waals surface area contributed by atoms with Crippen molar-refractivity contribution in [3.05, 3.63) is 42.1 Å². The average Bonchev–Trinajstić information content (AvgIpc) is 2.80. The monoisotopic (exact) mass is 281 g/mol. The van der Waals surface area contributed by atoms with Gasteiger partial charge < -0.3 is 9.88 Å². The number of amides is 1. The van der Waals surface area contributed by atoms with Gasteiger partial charge in [0.2, 0.25) is 5.91 Å². The summed E-state index contributed by atoms with van der Waals surface area (Å²) in [6.07, 6.45) is 5.83. The number of hydrogen-bond acceptors (Lipinski definition) is 2. The standard InChI is InChI=1S/C17H19N3O/c1-13(2)19-17(21)9-8-14-12-20(11-5-10-18)16-7-4-3-6-15(14)16/h3-4,6-9,12-13H,5,11H2,1-2H3,(H,19,21)/b9-8+.